The molecule has 0 fully saturated rings. The van der Waals surface area contributed by atoms with Crippen LogP contribution in [-0.4, -0.2) is 40.4 Å². The third kappa shape index (κ3) is 6.19. The first-order chi connectivity index (χ1) is 14.8. The highest BCUT2D eigenvalue weighted by Gasteiger charge is 2.42. The molecule has 1 aliphatic carbocycles. The Morgan fingerprint density at radius 1 is 1.13 bits per heavy atom. The molecule has 0 amide bonds. The van der Waals surface area contributed by atoms with Crippen molar-refractivity contribution < 1.29 is 18.8 Å². The van der Waals surface area contributed by atoms with E-state index in [9.17, 15) is 9.32 Å². The molecule has 1 N–H and O–H groups in total. The summed E-state index contributed by atoms with van der Waals surface area (Å²) in [5.74, 6) is 0.537. The summed E-state index contributed by atoms with van der Waals surface area (Å²) in [5.41, 5.74) is -0.260. The highest BCUT2D eigenvalue weighted by Crippen LogP contribution is 2.36. The molecule has 168 valence electrons. The fourth-order valence-electron chi connectivity index (χ4n) is 3.91. The minimum absolute atomic E-state index is 0.00479. The molecule has 3 atom stereocenters. The second-order valence-electron chi connectivity index (χ2n) is 8.29. The van der Waals surface area contributed by atoms with Crippen molar-refractivity contribution in [2.75, 3.05) is 19.4 Å². The number of benzene rings is 2. The van der Waals surface area contributed by atoms with Crippen LogP contribution in [0.1, 0.15) is 32.3 Å². The van der Waals surface area contributed by atoms with Crippen LogP contribution in [0.15, 0.2) is 81.8 Å². The Labute approximate surface area is 186 Å². The maximum Gasteiger partial charge on any atom is 0.104 e. The average molecular weight is 444 g/mol. The minimum Gasteiger partial charge on any atom is -0.496 e. The quantitative estimate of drug-likeness (QED) is 0.604. The molecule has 0 aliphatic heterocycles. The topological polar surface area (TPSA) is 68.1 Å². The van der Waals surface area contributed by atoms with Crippen LogP contribution in [0.5, 0.6) is 0 Å². The molecule has 0 radical (unpaired) electrons. The predicted molar refractivity (Wildman–Crippen MR) is 124 cm³/mol. The molecule has 0 unspecified atom stereocenters. The lowest BCUT2D eigenvalue weighted by Gasteiger charge is -2.38. The summed E-state index contributed by atoms with van der Waals surface area (Å²) in [6.07, 6.45) is 3.17. The largest absolute Gasteiger partial charge is 0.496 e. The molecular formula is C25H33NO4S. The van der Waals surface area contributed by atoms with E-state index in [0.29, 0.717) is 24.5 Å². The van der Waals surface area contributed by atoms with Crippen LogP contribution in [0.3, 0.4) is 0 Å². The SMILES string of the molecule is CN=[S@](=O)(C[C@]1(O)C=C(OC(C)C)CC[C@H]1COCc1ccccc1)c1ccccc1. The highest BCUT2D eigenvalue weighted by molar-refractivity contribution is 7.93. The maximum atomic E-state index is 13.8. The smallest absolute Gasteiger partial charge is 0.104 e. The van der Waals surface area contributed by atoms with Gasteiger partial charge in [-0.25, -0.2) is 8.57 Å². The van der Waals surface area contributed by atoms with E-state index < -0.39 is 15.3 Å². The first kappa shape index (κ1) is 23.5. The molecule has 6 heteroatoms. The summed E-state index contributed by atoms with van der Waals surface area (Å²) in [5, 5.41) is 11.8. The van der Waals surface area contributed by atoms with Gasteiger partial charge < -0.3 is 14.6 Å². The second kappa shape index (κ2) is 10.4. The number of aliphatic hydroxyl groups is 1. The third-order valence-corrected chi connectivity index (χ3v) is 7.96. The van der Waals surface area contributed by atoms with Gasteiger partial charge in [0.2, 0.25) is 0 Å². The molecule has 1 aliphatic rings. The van der Waals surface area contributed by atoms with Crippen molar-refractivity contribution in [3.8, 4) is 0 Å². The van der Waals surface area contributed by atoms with Crippen molar-refractivity contribution in [3.63, 3.8) is 0 Å². The monoisotopic (exact) mass is 443 g/mol. The van der Waals surface area contributed by atoms with Gasteiger partial charge in [0.05, 0.1) is 40.6 Å². The molecule has 0 bridgehead atoms. The van der Waals surface area contributed by atoms with E-state index in [1.165, 1.54) is 0 Å². The second-order valence-corrected chi connectivity index (χ2v) is 10.7. The zero-order valence-electron chi connectivity index (χ0n) is 18.6. The highest BCUT2D eigenvalue weighted by atomic mass is 32.2. The van der Waals surface area contributed by atoms with Crippen molar-refractivity contribution in [3.05, 3.63) is 78.1 Å². The molecule has 31 heavy (non-hydrogen) atoms. The van der Waals surface area contributed by atoms with Gasteiger partial charge >= 0.3 is 0 Å². The van der Waals surface area contributed by atoms with Gasteiger partial charge in [-0.3, -0.25) is 0 Å². The Morgan fingerprint density at radius 3 is 2.39 bits per heavy atom. The Morgan fingerprint density at radius 2 is 1.77 bits per heavy atom. The number of rotatable bonds is 9. The van der Waals surface area contributed by atoms with Crippen LogP contribution in [-0.2, 0) is 25.8 Å². The molecule has 0 spiro atoms. The van der Waals surface area contributed by atoms with Crippen LogP contribution >= 0.6 is 0 Å². The molecule has 0 heterocycles. The fourth-order valence-corrected chi connectivity index (χ4v) is 5.95. The maximum absolute atomic E-state index is 13.8. The van der Waals surface area contributed by atoms with Gasteiger partial charge in [-0.15, -0.1) is 0 Å². The standard InChI is InChI=1S/C25H33NO4S/c1-20(2)30-23-15-14-22(18-29-17-21-10-6-4-7-11-21)25(27,16-23)19-31(28,26-3)24-12-8-5-9-13-24/h4-13,16,20,22,27H,14-15,17-19H2,1-3H3/t22-,25+,31-/m0/s1. The van der Waals surface area contributed by atoms with Crippen LogP contribution in [0.2, 0.25) is 0 Å². The summed E-state index contributed by atoms with van der Waals surface area (Å²) in [7, 11) is -1.25. The summed E-state index contributed by atoms with van der Waals surface area (Å²) < 4.78 is 29.9. The summed E-state index contributed by atoms with van der Waals surface area (Å²) in [6.45, 7) is 4.76. The minimum atomic E-state index is -2.81. The van der Waals surface area contributed by atoms with E-state index >= 15 is 0 Å². The third-order valence-electron chi connectivity index (χ3n) is 5.51. The number of allylic oxidation sites excluding steroid dienone is 1. The molecule has 2 aromatic rings. The molecular weight excluding hydrogens is 410 g/mol. The van der Waals surface area contributed by atoms with Gasteiger partial charge in [0.15, 0.2) is 0 Å². The van der Waals surface area contributed by atoms with E-state index in [2.05, 4.69) is 4.36 Å². The number of ether oxygens (including phenoxy) is 2. The first-order valence-corrected chi connectivity index (χ1v) is 12.4. The van der Waals surface area contributed by atoms with Crippen LogP contribution in [0.4, 0.5) is 0 Å². The van der Waals surface area contributed by atoms with Gasteiger partial charge in [-0.1, -0.05) is 48.5 Å². The number of hydrogen-bond acceptors (Lipinski definition) is 5. The Kier molecular flexibility index (Phi) is 7.92. The van der Waals surface area contributed by atoms with E-state index in [4.69, 9.17) is 9.47 Å². The number of hydrogen-bond donors (Lipinski definition) is 1. The molecule has 0 saturated heterocycles. The van der Waals surface area contributed by atoms with Gasteiger partial charge in [0, 0.05) is 24.3 Å². The normalized spacial score (nSPS) is 23.1. The lowest BCUT2D eigenvalue weighted by atomic mass is 9.81. The molecule has 5 nitrogen and oxygen atoms in total. The van der Waals surface area contributed by atoms with Gasteiger partial charge in [-0.2, -0.15) is 0 Å². The summed E-state index contributed by atoms with van der Waals surface area (Å²) in [6, 6.07) is 19.1. The van der Waals surface area contributed by atoms with Crippen LogP contribution in [0.25, 0.3) is 0 Å². The number of nitrogens with zero attached hydrogens (tertiary/aromatic N) is 1. The van der Waals surface area contributed by atoms with Crippen molar-refractivity contribution in [1.82, 2.24) is 0 Å². The Balaban J connectivity index is 1.84. The lowest BCUT2D eigenvalue weighted by Crippen LogP contribution is -2.47. The zero-order chi connectivity index (χ0) is 22.3. The predicted octanol–water partition coefficient (Wildman–Crippen LogP) is 4.81. The van der Waals surface area contributed by atoms with Crippen molar-refractivity contribution in [2.24, 2.45) is 10.3 Å². The fraction of sp³-hybridized carbons (Fsp3) is 0.440. The lowest BCUT2D eigenvalue weighted by molar-refractivity contribution is -0.0289. The molecule has 0 saturated carbocycles. The van der Waals surface area contributed by atoms with Gasteiger partial charge in [-0.05, 0) is 44.0 Å². The van der Waals surface area contributed by atoms with Crippen molar-refractivity contribution in [2.45, 2.75) is 49.9 Å². The van der Waals surface area contributed by atoms with E-state index in [1.807, 2.05) is 62.4 Å². The first-order valence-electron chi connectivity index (χ1n) is 10.7. The van der Waals surface area contributed by atoms with Crippen LogP contribution in [0, 0.1) is 5.92 Å². The van der Waals surface area contributed by atoms with Gasteiger partial charge in [0.1, 0.15) is 5.60 Å². The van der Waals surface area contributed by atoms with Gasteiger partial charge in [0.25, 0.3) is 0 Å². The zero-order valence-corrected chi connectivity index (χ0v) is 19.4. The Hall–Kier alpha value is -2.15. The summed E-state index contributed by atoms with van der Waals surface area (Å²) in [4.78, 5) is 0.625. The molecule has 2 aromatic carbocycles. The molecule has 0 aromatic heterocycles. The van der Waals surface area contributed by atoms with Crippen LogP contribution < -0.4 is 0 Å². The van der Waals surface area contributed by atoms with E-state index in [1.54, 1.807) is 25.3 Å². The Bertz CT molecular complexity index is 981. The molecule has 3 rings (SSSR count). The summed E-state index contributed by atoms with van der Waals surface area (Å²) >= 11 is 0. The van der Waals surface area contributed by atoms with E-state index in [-0.39, 0.29) is 17.8 Å². The van der Waals surface area contributed by atoms with Crippen molar-refractivity contribution in [1.29, 1.82) is 0 Å². The van der Waals surface area contributed by atoms with E-state index in [0.717, 1.165) is 17.7 Å². The van der Waals surface area contributed by atoms with Crippen molar-refractivity contribution >= 4 is 9.73 Å². The average Bonchev–Trinajstić information content (AvgIpc) is 2.76.